The van der Waals surface area contributed by atoms with Gasteiger partial charge in [0, 0.05) is 25.3 Å². The van der Waals surface area contributed by atoms with E-state index in [2.05, 4.69) is 4.72 Å². The summed E-state index contributed by atoms with van der Waals surface area (Å²) in [5, 5.41) is 0. The average Bonchev–Trinajstić information content (AvgIpc) is 2.52. The molecule has 0 bridgehead atoms. The van der Waals surface area contributed by atoms with Crippen molar-refractivity contribution < 1.29 is 17.9 Å². The second kappa shape index (κ2) is 9.78. The van der Waals surface area contributed by atoms with Crippen molar-refractivity contribution in [2.24, 2.45) is 11.7 Å². The van der Waals surface area contributed by atoms with Crippen LogP contribution in [0.1, 0.15) is 34.1 Å². The topological polar surface area (TPSA) is 102 Å². The van der Waals surface area contributed by atoms with Crippen molar-refractivity contribution in [3.05, 3.63) is 24.3 Å². The maximum absolute atomic E-state index is 12.2. The molecule has 0 spiro atoms. The first-order chi connectivity index (χ1) is 12.0. The number of anilines is 1. The van der Waals surface area contributed by atoms with Crippen LogP contribution in [0, 0.1) is 5.92 Å². The van der Waals surface area contributed by atoms with Gasteiger partial charge in [-0.05, 0) is 50.5 Å². The number of nitrogens with zero attached hydrogens (tertiary/aromatic N) is 1. The van der Waals surface area contributed by atoms with Gasteiger partial charge in [-0.2, -0.15) is 0 Å². The van der Waals surface area contributed by atoms with E-state index >= 15 is 0 Å². The van der Waals surface area contributed by atoms with Crippen LogP contribution in [-0.4, -0.2) is 50.7 Å². The standard InChI is InChI=1S/C18H31N3O4S/c1-13(2)17(19)10-11-21(5)18(22)12-26(23,24)20-15-6-8-16(9-7-15)25-14(3)4/h6-9,13-14,17,20H,10-12,19H2,1-5H3. The SMILES string of the molecule is CC(C)Oc1ccc(NS(=O)(=O)CC(=O)N(C)CCC(N)C(C)C)cc1. The lowest BCUT2D eigenvalue weighted by atomic mass is 10.0. The van der Waals surface area contributed by atoms with Gasteiger partial charge in [-0.25, -0.2) is 8.42 Å². The normalized spacial score (nSPS) is 12.9. The van der Waals surface area contributed by atoms with Crippen LogP contribution in [0.25, 0.3) is 0 Å². The maximum atomic E-state index is 12.2. The Morgan fingerprint density at radius 2 is 1.77 bits per heavy atom. The molecule has 1 atom stereocenters. The molecule has 0 fully saturated rings. The monoisotopic (exact) mass is 385 g/mol. The van der Waals surface area contributed by atoms with Crippen LogP contribution in [0.3, 0.4) is 0 Å². The van der Waals surface area contributed by atoms with Crippen molar-refractivity contribution in [2.45, 2.75) is 46.3 Å². The largest absolute Gasteiger partial charge is 0.491 e. The predicted octanol–water partition coefficient (Wildman–Crippen LogP) is 2.05. The zero-order chi connectivity index (χ0) is 19.9. The lowest BCUT2D eigenvalue weighted by molar-refractivity contribution is -0.127. The van der Waals surface area contributed by atoms with Crippen LogP contribution in [0.5, 0.6) is 5.75 Å². The molecule has 0 radical (unpaired) electrons. The van der Waals surface area contributed by atoms with Gasteiger partial charge in [-0.3, -0.25) is 9.52 Å². The molecule has 0 aliphatic rings. The van der Waals surface area contributed by atoms with Gasteiger partial charge >= 0.3 is 0 Å². The Bertz CT molecular complexity index is 672. The van der Waals surface area contributed by atoms with E-state index < -0.39 is 21.7 Å². The van der Waals surface area contributed by atoms with Crippen LogP contribution in [-0.2, 0) is 14.8 Å². The molecule has 0 heterocycles. The van der Waals surface area contributed by atoms with Crippen molar-refractivity contribution in [2.75, 3.05) is 24.1 Å². The molecule has 7 nitrogen and oxygen atoms in total. The average molecular weight is 386 g/mol. The van der Waals surface area contributed by atoms with Gasteiger partial charge < -0.3 is 15.4 Å². The summed E-state index contributed by atoms with van der Waals surface area (Å²) in [7, 11) is -2.20. The summed E-state index contributed by atoms with van der Waals surface area (Å²) in [6.07, 6.45) is 0.666. The van der Waals surface area contributed by atoms with Gasteiger partial charge in [0.2, 0.25) is 15.9 Å². The zero-order valence-corrected chi connectivity index (χ0v) is 17.0. The number of nitrogens with two attached hydrogens (primary N) is 1. The molecule has 0 saturated carbocycles. The number of hydrogen-bond acceptors (Lipinski definition) is 5. The van der Waals surface area contributed by atoms with E-state index in [-0.39, 0.29) is 12.1 Å². The summed E-state index contributed by atoms with van der Waals surface area (Å²) in [6.45, 7) is 8.27. The molecule has 0 aliphatic heterocycles. The maximum Gasteiger partial charge on any atom is 0.241 e. The molecule has 1 unspecified atom stereocenters. The van der Waals surface area contributed by atoms with Crippen LogP contribution in [0.15, 0.2) is 24.3 Å². The highest BCUT2D eigenvalue weighted by Gasteiger charge is 2.20. The van der Waals surface area contributed by atoms with Gasteiger partial charge in [0.1, 0.15) is 11.5 Å². The van der Waals surface area contributed by atoms with Crippen molar-refractivity contribution in [1.82, 2.24) is 4.90 Å². The summed E-state index contributed by atoms with van der Waals surface area (Å²) < 4.78 is 32.3. The fourth-order valence-electron chi connectivity index (χ4n) is 2.16. The summed E-state index contributed by atoms with van der Waals surface area (Å²) in [6, 6.07) is 6.54. The summed E-state index contributed by atoms with van der Waals surface area (Å²) >= 11 is 0. The molecule has 0 aliphatic carbocycles. The molecule has 0 saturated heterocycles. The molecule has 1 aromatic carbocycles. The highest BCUT2D eigenvalue weighted by atomic mass is 32.2. The fourth-order valence-corrected chi connectivity index (χ4v) is 3.28. The summed E-state index contributed by atoms with van der Waals surface area (Å²) in [5.74, 6) is -0.106. The number of amides is 1. The molecule has 0 aromatic heterocycles. The number of ether oxygens (including phenoxy) is 1. The Balaban J connectivity index is 2.58. The Hall–Kier alpha value is -1.80. The van der Waals surface area contributed by atoms with E-state index in [9.17, 15) is 13.2 Å². The second-order valence-corrected chi connectivity index (χ2v) is 8.79. The van der Waals surface area contributed by atoms with Crippen LogP contribution in [0.2, 0.25) is 0 Å². The third-order valence-corrected chi connectivity index (χ3v) is 5.07. The fraction of sp³-hybridized carbons (Fsp3) is 0.611. The number of benzene rings is 1. The highest BCUT2D eigenvalue weighted by Crippen LogP contribution is 2.18. The van der Waals surface area contributed by atoms with E-state index in [0.29, 0.717) is 30.3 Å². The molecular formula is C18H31N3O4S. The highest BCUT2D eigenvalue weighted by molar-refractivity contribution is 7.93. The second-order valence-electron chi connectivity index (χ2n) is 7.06. The number of rotatable bonds is 10. The van der Waals surface area contributed by atoms with Gasteiger partial charge in [-0.15, -0.1) is 0 Å². The smallest absolute Gasteiger partial charge is 0.241 e. The first-order valence-corrected chi connectivity index (χ1v) is 10.4. The van der Waals surface area contributed by atoms with Gasteiger partial charge in [-0.1, -0.05) is 13.8 Å². The van der Waals surface area contributed by atoms with Crippen LogP contribution in [0.4, 0.5) is 5.69 Å². The van der Waals surface area contributed by atoms with E-state index in [1.54, 1.807) is 31.3 Å². The number of carbonyl (C=O) groups is 1. The predicted molar refractivity (Wildman–Crippen MR) is 105 cm³/mol. The minimum absolute atomic E-state index is 0.0217. The van der Waals surface area contributed by atoms with Crippen molar-refractivity contribution in [3.8, 4) is 5.75 Å². The molecule has 1 rings (SSSR count). The number of nitrogens with one attached hydrogen (secondary N) is 1. The minimum Gasteiger partial charge on any atom is -0.491 e. The summed E-state index contributed by atoms with van der Waals surface area (Å²) in [4.78, 5) is 13.6. The Morgan fingerprint density at radius 3 is 2.27 bits per heavy atom. The van der Waals surface area contributed by atoms with Gasteiger partial charge in [0.15, 0.2) is 0 Å². The summed E-state index contributed by atoms with van der Waals surface area (Å²) in [5.41, 5.74) is 6.35. The van der Waals surface area contributed by atoms with Crippen molar-refractivity contribution in [3.63, 3.8) is 0 Å². The third kappa shape index (κ3) is 8.05. The lowest BCUT2D eigenvalue weighted by Crippen LogP contribution is -2.38. The minimum atomic E-state index is -3.78. The quantitative estimate of drug-likeness (QED) is 0.642. The molecule has 26 heavy (non-hydrogen) atoms. The lowest BCUT2D eigenvalue weighted by Gasteiger charge is -2.21. The van der Waals surface area contributed by atoms with Gasteiger partial charge in [0.25, 0.3) is 0 Å². The van der Waals surface area contributed by atoms with E-state index in [1.165, 1.54) is 4.90 Å². The van der Waals surface area contributed by atoms with Gasteiger partial charge in [0.05, 0.1) is 6.10 Å². The van der Waals surface area contributed by atoms with Crippen molar-refractivity contribution in [1.29, 1.82) is 0 Å². The number of sulfonamides is 1. The van der Waals surface area contributed by atoms with Crippen LogP contribution >= 0.6 is 0 Å². The Labute approximate surface area is 156 Å². The first-order valence-electron chi connectivity index (χ1n) is 8.77. The third-order valence-electron chi connectivity index (χ3n) is 3.89. The molecule has 1 aromatic rings. The molecule has 8 heteroatoms. The Morgan fingerprint density at radius 1 is 1.19 bits per heavy atom. The van der Waals surface area contributed by atoms with E-state index in [4.69, 9.17) is 10.5 Å². The molecule has 3 N–H and O–H groups in total. The first kappa shape index (κ1) is 22.2. The molecule has 148 valence electrons. The van der Waals surface area contributed by atoms with E-state index in [0.717, 1.165) is 0 Å². The number of hydrogen-bond donors (Lipinski definition) is 2. The number of carbonyl (C=O) groups excluding carboxylic acids is 1. The Kier molecular flexibility index (Phi) is 8.36. The molecular weight excluding hydrogens is 354 g/mol. The molecule has 1 amide bonds. The van der Waals surface area contributed by atoms with E-state index in [1.807, 2.05) is 27.7 Å². The van der Waals surface area contributed by atoms with Crippen molar-refractivity contribution >= 4 is 21.6 Å². The van der Waals surface area contributed by atoms with Crippen LogP contribution < -0.4 is 15.2 Å². The zero-order valence-electron chi connectivity index (χ0n) is 16.2.